The third-order valence-corrected chi connectivity index (χ3v) is 6.16. The minimum Gasteiger partial charge on any atom is -0.451 e. The van der Waals surface area contributed by atoms with Crippen LogP contribution in [0.5, 0.6) is 0 Å². The summed E-state index contributed by atoms with van der Waals surface area (Å²) in [5.74, 6) is -0.939. The van der Waals surface area contributed by atoms with E-state index in [9.17, 15) is 19.5 Å². The van der Waals surface area contributed by atoms with Crippen LogP contribution in [0.25, 0.3) is 11.3 Å². The van der Waals surface area contributed by atoms with Crippen molar-refractivity contribution < 1.29 is 28.7 Å². The Morgan fingerprint density at radius 1 is 1.00 bits per heavy atom. The lowest BCUT2D eigenvalue weighted by Crippen LogP contribution is -2.50. The molecule has 202 valence electrons. The highest BCUT2D eigenvalue weighted by molar-refractivity contribution is 5.92. The zero-order valence-electron chi connectivity index (χ0n) is 21.5. The van der Waals surface area contributed by atoms with Crippen molar-refractivity contribution in [3.8, 4) is 11.3 Å². The second-order valence-corrected chi connectivity index (χ2v) is 8.83. The summed E-state index contributed by atoms with van der Waals surface area (Å²) >= 11 is 0. The SMILES string of the molecule is CCCCCC(C(=O)NCNC(=O)c1ccc(-c2ccccc2)o1)[C@@H](CO)N(C=O)OCc1ccccc1. The average molecular weight is 522 g/mol. The van der Waals surface area contributed by atoms with Crippen molar-refractivity contribution in [1.82, 2.24) is 15.7 Å². The smallest absolute Gasteiger partial charge is 0.288 e. The molecule has 0 saturated heterocycles. The van der Waals surface area contributed by atoms with E-state index in [0.29, 0.717) is 18.6 Å². The van der Waals surface area contributed by atoms with E-state index >= 15 is 0 Å². The summed E-state index contributed by atoms with van der Waals surface area (Å²) in [4.78, 5) is 43.2. The lowest BCUT2D eigenvalue weighted by Gasteiger charge is -2.32. The number of unbranched alkanes of at least 4 members (excludes halogenated alkanes) is 2. The molecule has 0 aliphatic heterocycles. The fourth-order valence-electron chi connectivity index (χ4n) is 4.07. The summed E-state index contributed by atoms with van der Waals surface area (Å²) in [5.41, 5.74) is 1.69. The lowest BCUT2D eigenvalue weighted by atomic mass is 9.92. The molecule has 0 aliphatic rings. The highest BCUT2D eigenvalue weighted by Gasteiger charge is 2.33. The molecule has 9 heteroatoms. The Morgan fingerprint density at radius 2 is 1.71 bits per heavy atom. The molecule has 3 aromatic rings. The van der Waals surface area contributed by atoms with Gasteiger partial charge in [-0.1, -0.05) is 86.8 Å². The highest BCUT2D eigenvalue weighted by Crippen LogP contribution is 2.22. The Kier molecular flexibility index (Phi) is 11.5. The van der Waals surface area contributed by atoms with Gasteiger partial charge in [-0.25, -0.2) is 5.06 Å². The number of carbonyl (C=O) groups excluding carboxylic acids is 3. The minimum absolute atomic E-state index is 0.115. The number of furan rings is 1. The Morgan fingerprint density at radius 3 is 2.37 bits per heavy atom. The number of aliphatic hydroxyl groups is 1. The first-order valence-corrected chi connectivity index (χ1v) is 12.8. The molecule has 9 nitrogen and oxygen atoms in total. The maximum Gasteiger partial charge on any atom is 0.288 e. The fraction of sp³-hybridized carbons (Fsp3) is 0.345. The van der Waals surface area contributed by atoms with Gasteiger partial charge in [-0.3, -0.25) is 19.2 Å². The molecule has 2 atom stereocenters. The average Bonchev–Trinajstić information content (AvgIpc) is 3.46. The molecule has 0 bridgehead atoms. The van der Waals surface area contributed by atoms with E-state index in [1.54, 1.807) is 12.1 Å². The zero-order chi connectivity index (χ0) is 27.2. The van der Waals surface area contributed by atoms with Gasteiger partial charge in [-0.15, -0.1) is 0 Å². The van der Waals surface area contributed by atoms with Gasteiger partial charge in [0.25, 0.3) is 5.91 Å². The molecular formula is C29H35N3O6. The van der Waals surface area contributed by atoms with E-state index in [2.05, 4.69) is 10.6 Å². The number of hydrogen-bond acceptors (Lipinski definition) is 6. The van der Waals surface area contributed by atoms with Crippen LogP contribution >= 0.6 is 0 Å². The summed E-state index contributed by atoms with van der Waals surface area (Å²) in [6, 6.07) is 21.1. The van der Waals surface area contributed by atoms with E-state index in [-0.39, 0.29) is 19.0 Å². The molecule has 0 saturated carbocycles. The van der Waals surface area contributed by atoms with E-state index < -0.39 is 30.4 Å². The third-order valence-electron chi connectivity index (χ3n) is 6.16. The van der Waals surface area contributed by atoms with Crippen molar-refractivity contribution >= 4 is 18.2 Å². The fourth-order valence-corrected chi connectivity index (χ4v) is 4.07. The topological polar surface area (TPSA) is 121 Å². The quantitative estimate of drug-likeness (QED) is 0.114. The Balaban J connectivity index is 1.59. The molecule has 0 fully saturated rings. The molecule has 3 N–H and O–H groups in total. The molecule has 38 heavy (non-hydrogen) atoms. The molecule has 1 unspecified atom stereocenters. The van der Waals surface area contributed by atoms with Crippen molar-refractivity contribution in [3.63, 3.8) is 0 Å². The van der Waals surface area contributed by atoms with Crippen LogP contribution in [0.3, 0.4) is 0 Å². The molecule has 1 aromatic heterocycles. The molecule has 2 aromatic carbocycles. The van der Waals surface area contributed by atoms with Gasteiger partial charge < -0.3 is 20.2 Å². The second kappa shape index (κ2) is 15.3. The van der Waals surface area contributed by atoms with E-state index in [4.69, 9.17) is 9.25 Å². The first-order valence-electron chi connectivity index (χ1n) is 12.8. The van der Waals surface area contributed by atoms with Crippen molar-refractivity contribution in [1.29, 1.82) is 0 Å². The van der Waals surface area contributed by atoms with Crippen LogP contribution in [0.2, 0.25) is 0 Å². The number of hydroxylamine groups is 2. The van der Waals surface area contributed by atoms with Gasteiger partial charge in [0.2, 0.25) is 12.3 Å². The summed E-state index contributed by atoms with van der Waals surface area (Å²) in [5, 5.41) is 16.4. The first-order chi connectivity index (χ1) is 18.6. The summed E-state index contributed by atoms with van der Waals surface area (Å²) in [6.45, 7) is 1.56. The van der Waals surface area contributed by atoms with Gasteiger partial charge in [0.05, 0.1) is 25.2 Å². The summed E-state index contributed by atoms with van der Waals surface area (Å²) in [6.07, 6.45) is 3.50. The minimum atomic E-state index is -0.887. The van der Waals surface area contributed by atoms with Crippen LogP contribution < -0.4 is 10.6 Å². The van der Waals surface area contributed by atoms with Gasteiger partial charge in [-0.2, -0.15) is 0 Å². The molecule has 0 aliphatic carbocycles. The molecule has 0 spiro atoms. The predicted octanol–water partition coefficient (Wildman–Crippen LogP) is 3.90. The molecule has 3 rings (SSSR count). The molecule has 3 amide bonds. The third kappa shape index (κ3) is 8.29. The van der Waals surface area contributed by atoms with Crippen molar-refractivity contribution in [2.45, 2.75) is 45.3 Å². The summed E-state index contributed by atoms with van der Waals surface area (Å²) in [7, 11) is 0. The van der Waals surface area contributed by atoms with Crippen LogP contribution in [-0.4, -0.2) is 47.7 Å². The maximum absolute atomic E-state index is 13.1. The van der Waals surface area contributed by atoms with E-state index in [1.165, 1.54) is 0 Å². The molecular weight excluding hydrogens is 486 g/mol. The van der Waals surface area contributed by atoms with Gasteiger partial charge in [-0.05, 0) is 24.1 Å². The maximum atomic E-state index is 13.1. The molecule has 1 heterocycles. The van der Waals surface area contributed by atoms with Crippen LogP contribution in [0.4, 0.5) is 0 Å². The predicted molar refractivity (Wildman–Crippen MR) is 142 cm³/mol. The standard InChI is InChI=1S/C29H35N3O6/c1-2-3-6-15-24(25(18-33)32(21-34)37-19-22-11-7-4-8-12-22)28(35)30-20-31-29(36)27-17-16-26(38-27)23-13-9-5-10-14-23/h4-5,7-14,16-17,21,24-25,33H,2-3,6,15,18-20H2,1H3,(H,30,35)(H,31,36)/t24?,25-/m1/s1. The number of nitrogens with one attached hydrogen (secondary N) is 2. The Hall–Kier alpha value is -3.95. The number of nitrogens with zero attached hydrogens (tertiary/aromatic N) is 1. The summed E-state index contributed by atoms with van der Waals surface area (Å²) < 4.78 is 5.65. The monoisotopic (exact) mass is 521 g/mol. The normalized spacial score (nSPS) is 12.4. The number of carbonyl (C=O) groups is 3. The van der Waals surface area contributed by atoms with Crippen molar-refractivity contribution in [2.75, 3.05) is 13.3 Å². The second-order valence-electron chi connectivity index (χ2n) is 8.83. The number of rotatable bonds is 16. The van der Waals surface area contributed by atoms with Gasteiger partial charge in [0, 0.05) is 5.56 Å². The number of amides is 3. The van der Waals surface area contributed by atoms with E-state index in [0.717, 1.165) is 35.5 Å². The van der Waals surface area contributed by atoms with Gasteiger partial charge in [0.1, 0.15) is 12.4 Å². The van der Waals surface area contributed by atoms with Crippen LogP contribution in [0, 0.1) is 5.92 Å². The van der Waals surface area contributed by atoms with Crippen LogP contribution in [0.1, 0.15) is 48.7 Å². The first kappa shape index (κ1) is 28.6. The van der Waals surface area contributed by atoms with E-state index in [1.807, 2.05) is 67.6 Å². The largest absolute Gasteiger partial charge is 0.451 e. The number of benzene rings is 2. The van der Waals surface area contributed by atoms with Crippen LogP contribution in [-0.2, 0) is 21.0 Å². The number of hydrogen-bond donors (Lipinski definition) is 3. The molecule has 0 radical (unpaired) electrons. The zero-order valence-corrected chi connectivity index (χ0v) is 21.5. The highest BCUT2D eigenvalue weighted by atomic mass is 16.7. The number of aliphatic hydroxyl groups excluding tert-OH is 1. The Bertz CT molecular complexity index is 1140. The van der Waals surface area contributed by atoms with Gasteiger partial charge >= 0.3 is 0 Å². The van der Waals surface area contributed by atoms with Gasteiger partial charge in [0.15, 0.2) is 5.76 Å². The van der Waals surface area contributed by atoms with Crippen LogP contribution in [0.15, 0.2) is 77.2 Å². The lowest BCUT2D eigenvalue weighted by molar-refractivity contribution is -0.204. The Labute approximate surface area is 222 Å². The van der Waals surface area contributed by atoms with Crippen molar-refractivity contribution in [2.24, 2.45) is 5.92 Å². The van der Waals surface area contributed by atoms with Crippen molar-refractivity contribution in [3.05, 3.63) is 84.1 Å².